The van der Waals surface area contributed by atoms with Gasteiger partial charge in [-0.25, -0.2) is 4.57 Å². The van der Waals surface area contributed by atoms with Crippen molar-refractivity contribution in [3.05, 3.63) is 109 Å². The van der Waals surface area contributed by atoms with Crippen LogP contribution in [0.2, 0.25) is 0 Å². The molecule has 0 amide bonds. The third kappa shape index (κ3) is 69.8. The molecule has 0 aliphatic carbocycles. The Balaban J connectivity index is 4.03. The van der Waals surface area contributed by atoms with Gasteiger partial charge in [0.2, 0.25) is 0 Å². The molecule has 0 radical (unpaired) electrons. The molecule has 0 saturated heterocycles. The summed E-state index contributed by atoms with van der Waals surface area (Å²) in [5.41, 5.74) is 0. The number of phosphoric ester groups is 1. The number of nitrogens with zero attached hydrogens (tertiary/aromatic N) is 1. The lowest BCUT2D eigenvalue weighted by atomic mass is 10.0. The largest absolute Gasteiger partial charge is 0.472 e. The van der Waals surface area contributed by atoms with Gasteiger partial charge in [-0.3, -0.25) is 18.6 Å². The molecule has 0 aliphatic rings. The first kappa shape index (κ1) is 82.7. The van der Waals surface area contributed by atoms with Crippen molar-refractivity contribution in [1.82, 2.24) is 0 Å². The lowest BCUT2D eigenvalue weighted by molar-refractivity contribution is -0.870. The first-order valence-electron chi connectivity index (χ1n) is 35.6. The third-order valence-electron chi connectivity index (χ3n) is 15.3. The number of phosphoric acid groups is 1. The zero-order valence-corrected chi connectivity index (χ0v) is 57.4. The molecule has 0 heterocycles. The van der Waals surface area contributed by atoms with Crippen LogP contribution in [0.15, 0.2) is 109 Å². The molecule has 0 aromatic heterocycles. The number of carbonyl (C=O) groups excluding carboxylic acids is 2. The van der Waals surface area contributed by atoms with Crippen molar-refractivity contribution in [2.75, 3.05) is 47.5 Å². The molecule has 0 spiro atoms. The predicted octanol–water partition coefficient (Wildman–Crippen LogP) is 23.3. The van der Waals surface area contributed by atoms with Crippen molar-refractivity contribution in [1.29, 1.82) is 0 Å². The molecule has 0 aromatic carbocycles. The quantitative estimate of drug-likeness (QED) is 0.0211. The second-order valence-corrected chi connectivity index (χ2v) is 26.3. The van der Waals surface area contributed by atoms with Gasteiger partial charge in [-0.1, -0.05) is 303 Å². The van der Waals surface area contributed by atoms with Crippen molar-refractivity contribution < 1.29 is 42.1 Å². The van der Waals surface area contributed by atoms with Gasteiger partial charge in [0.25, 0.3) is 0 Å². The van der Waals surface area contributed by atoms with Gasteiger partial charge in [0.15, 0.2) is 6.10 Å². The van der Waals surface area contributed by atoms with Gasteiger partial charge in [-0.15, -0.1) is 0 Å². The van der Waals surface area contributed by atoms with Crippen LogP contribution in [0.5, 0.6) is 0 Å². The van der Waals surface area contributed by atoms with E-state index in [1.807, 2.05) is 21.1 Å². The van der Waals surface area contributed by atoms with Crippen molar-refractivity contribution in [3.63, 3.8) is 0 Å². The van der Waals surface area contributed by atoms with Gasteiger partial charge < -0.3 is 18.9 Å². The molecule has 9 nitrogen and oxygen atoms in total. The molecule has 0 saturated carbocycles. The van der Waals surface area contributed by atoms with E-state index in [0.29, 0.717) is 17.4 Å². The van der Waals surface area contributed by atoms with Crippen molar-refractivity contribution >= 4 is 19.8 Å². The number of likely N-dealkylation sites (N-methyl/N-ethyl adjacent to an activating group) is 1. The van der Waals surface area contributed by atoms with Crippen molar-refractivity contribution in [2.24, 2.45) is 0 Å². The molecular formula is C76H135NO8P+. The van der Waals surface area contributed by atoms with Gasteiger partial charge in [-0.2, -0.15) is 0 Å². The molecular weight excluding hydrogens is 1090 g/mol. The standard InChI is InChI=1S/C76H134NO8P/c1-6-8-10-12-14-16-18-20-22-24-26-28-30-32-33-34-35-36-37-38-39-40-41-42-43-45-46-48-50-52-54-56-58-60-62-64-66-68-75(78)82-72-74(73-84-86(80,81)83-71-70-77(3,4)5)85-76(79)69-67-65-63-61-59-57-55-53-51-49-47-44-31-29-27-25-23-21-19-17-15-13-11-9-7-2/h9,11,15,17-18,20-21,23-24,26-27,29,44,47,51,53,57,59,74H,6-8,10,12-14,16,19,22,25,28,30-43,45-46,48-50,52,54-56,58,60-73H2,1-5H3/p+1/b11-9-,17-15-,20-18-,23-21-,26-24-,29-27-,47-44-,53-51-,59-57-. The van der Waals surface area contributed by atoms with E-state index in [-0.39, 0.29) is 32.0 Å². The van der Waals surface area contributed by atoms with Crippen LogP contribution >= 0.6 is 7.82 Å². The molecule has 2 atom stereocenters. The normalized spacial score (nSPS) is 13.8. The number of rotatable bonds is 65. The fourth-order valence-corrected chi connectivity index (χ4v) is 10.6. The molecule has 1 N–H and O–H groups in total. The van der Waals surface area contributed by atoms with E-state index in [2.05, 4.69) is 123 Å². The maximum Gasteiger partial charge on any atom is 0.472 e. The van der Waals surface area contributed by atoms with Crippen LogP contribution in [0.3, 0.4) is 0 Å². The Kier molecular flexibility index (Phi) is 63.5. The van der Waals surface area contributed by atoms with Gasteiger partial charge in [0.1, 0.15) is 19.8 Å². The van der Waals surface area contributed by atoms with Crippen LogP contribution in [-0.2, 0) is 32.7 Å². The minimum absolute atomic E-state index is 0.0207. The minimum atomic E-state index is -4.41. The summed E-state index contributed by atoms with van der Waals surface area (Å²) >= 11 is 0. The van der Waals surface area contributed by atoms with E-state index in [1.54, 1.807) is 0 Å². The molecule has 10 heteroatoms. The van der Waals surface area contributed by atoms with Gasteiger partial charge in [0, 0.05) is 12.8 Å². The van der Waals surface area contributed by atoms with Crippen LogP contribution in [0.4, 0.5) is 0 Å². The fraction of sp³-hybridized carbons (Fsp3) is 0.737. The topological polar surface area (TPSA) is 108 Å². The third-order valence-corrected chi connectivity index (χ3v) is 16.3. The monoisotopic (exact) mass is 1220 g/mol. The predicted molar refractivity (Wildman–Crippen MR) is 371 cm³/mol. The summed E-state index contributed by atoms with van der Waals surface area (Å²) in [4.78, 5) is 35.8. The van der Waals surface area contributed by atoms with E-state index < -0.39 is 26.5 Å². The summed E-state index contributed by atoms with van der Waals surface area (Å²) in [6.45, 7) is 4.29. The highest BCUT2D eigenvalue weighted by Gasteiger charge is 2.27. The van der Waals surface area contributed by atoms with Crippen molar-refractivity contribution in [2.45, 2.75) is 315 Å². The maximum atomic E-state index is 12.9. The molecule has 0 fully saturated rings. The summed E-state index contributed by atoms with van der Waals surface area (Å²) in [5.74, 6) is -0.831. The highest BCUT2D eigenvalue weighted by Crippen LogP contribution is 2.43. The molecule has 496 valence electrons. The molecule has 0 aliphatic heterocycles. The number of carbonyl (C=O) groups is 2. The minimum Gasteiger partial charge on any atom is -0.462 e. The summed E-state index contributed by atoms with van der Waals surface area (Å²) in [7, 11) is 1.45. The highest BCUT2D eigenvalue weighted by molar-refractivity contribution is 7.47. The number of esters is 2. The number of allylic oxidation sites excluding steroid dienone is 18. The van der Waals surface area contributed by atoms with Gasteiger partial charge >= 0.3 is 19.8 Å². The first-order valence-corrected chi connectivity index (χ1v) is 37.1. The van der Waals surface area contributed by atoms with Crippen LogP contribution < -0.4 is 0 Å². The summed E-state index contributed by atoms with van der Waals surface area (Å²) in [5, 5.41) is 0. The number of hydrogen-bond donors (Lipinski definition) is 1. The summed E-state index contributed by atoms with van der Waals surface area (Å²) in [6.07, 6.45) is 93.6. The lowest BCUT2D eigenvalue weighted by Gasteiger charge is -2.24. The first-order chi connectivity index (χ1) is 42.0. The average molecular weight is 1220 g/mol. The molecule has 86 heavy (non-hydrogen) atoms. The highest BCUT2D eigenvalue weighted by atomic mass is 31.2. The lowest BCUT2D eigenvalue weighted by Crippen LogP contribution is -2.37. The number of unbranched alkanes of at least 4 members (excludes halogenated alkanes) is 33. The fourth-order valence-electron chi connectivity index (χ4n) is 9.85. The van der Waals surface area contributed by atoms with Crippen LogP contribution in [-0.4, -0.2) is 74.9 Å². The number of hydrogen-bond acceptors (Lipinski definition) is 7. The van der Waals surface area contributed by atoms with E-state index in [4.69, 9.17) is 18.5 Å². The Morgan fingerprint density at radius 2 is 0.663 bits per heavy atom. The van der Waals surface area contributed by atoms with E-state index in [9.17, 15) is 19.0 Å². The van der Waals surface area contributed by atoms with Crippen LogP contribution in [0.1, 0.15) is 309 Å². The Labute approximate surface area is 531 Å². The molecule has 0 aromatic rings. The van der Waals surface area contributed by atoms with Crippen molar-refractivity contribution in [3.8, 4) is 0 Å². The number of quaternary nitrogens is 1. The zero-order chi connectivity index (χ0) is 62.6. The average Bonchev–Trinajstić information content (AvgIpc) is 3.70. The Morgan fingerprint density at radius 3 is 1.00 bits per heavy atom. The second-order valence-electron chi connectivity index (χ2n) is 24.9. The van der Waals surface area contributed by atoms with E-state index >= 15 is 0 Å². The second kappa shape index (κ2) is 66.1. The van der Waals surface area contributed by atoms with Crippen LogP contribution in [0.25, 0.3) is 0 Å². The zero-order valence-electron chi connectivity index (χ0n) is 56.5. The molecule has 0 bridgehead atoms. The maximum absolute atomic E-state index is 12.9. The van der Waals surface area contributed by atoms with Crippen LogP contribution in [0, 0.1) is 0 Å². The number of ether oxygens (including phenoxy) is 2. The Bertz CT molecular complexity index is 1820. The SMILES string of the molecule is CC/C=C\C/C=C\C/C=C\C/C=C\C/C=C\C/C=C\C/C=C\CCCCCC(=O)OC(COC(=O)CCCCCCCCCCCCCCCCCCCCCCCCCCC/C=C\C/C=C\CCCCCCC)COP(=O)(O)OCC[N+](C)(C)C. The smallest absolute Gasteiger partial charge is 0.462 e. The summed E-state index contributed by atoms with van der Waals surface area (Å²) < 4.78 is 34.7. The summed E-state index contributed by atoms with van der Waals surface area (Å²) in [6, 6.07) is 0. The van der Waals surface area contributed by atoms with Gasteiger partial charge in [0.05, 0.1) is 27.7 Å². The molecule has 2 unspecified atom stereocenters. The van der Waals surface area contributed by atoms with Gasteiger partial charge in [-0.05, 0) is 103 Å². The van der Waals surface area contributed by atoms with E-state index in [1.165, 1.54) is 186 Å². The van der Waals surface area contributed by atoms with E-state index in [0.717, 1.165) is 89.9 Å². The Morgan fingerprint density at radius 1 is 0.372 bits per heavy atom. The Hall–Kier alpha value is -3.33. The molecule has 0 rings (SSSR count).